The van der Waals surface area contributed by atoms with Crippen molar-refractivity contribution in [3.63, 3.8) is 0 Å². The molecule has 2 N–H and O–H groups in total. The van der Waals surface area contributed by atoms with Crippen LogP contribution in [0.25, 0.3) is 4.85 Å². The average molecular weight is 403 g/mol. The summed E-state index contributed by atoms with van der Waals surface area (Å²) in [6, 6.07) is 7.96. The van der Waals surface area contributed by atoms with E-state index in [1.807, 2.05) is 24.3 Å². The van der Waals surface area contributed by atoms with E-state index < -0.39 is 12.1 Å². The van der Waals surface area contributed by atoms with Crippen molar-refractivity contribution in [2.75, 3.05) is 24.7 Å². The van der Waals surface area contributed by atoms with Gasteiger partial charge in [0.25, 0.3) is 0 Å². The Kier molecular flexibility index (Phi) is 9.96. The number of aliphatic hydroxyl groups excluding tert-OH is 1. The molecule has 1 aliphatic heterocycles. The molecule has 0 saturated carbocycles. The zero-order valence-electron chi connectivity index (χ0n) is 17.4. The lowest BCUT2D eigenvalue weighted by Crippen LogP contribution is -2.38. The number of aliphatic carboxylic acids is 1. The summed E-state index contributed by atoms with van der Waals surface area (Å²) in [4.78, 5) is 16.6. The number of anilines is 1. The Hall–Kier alpha value is -2.10. The highest BCUT2D eigenvalue weighted by atomic mass is 16.5. The molecule has 1 fully saturated rings. The van der Waals surface area contributed by atoms with Crippen LogP contribution in [0.2, 0.25) is 0 Å². The molecule has 1 saturated heterocycles. The van der Waals surface area contributed by atoms with Crippen molar-refractivity contribution in [1.29, 1.82) is 0 Å². The Labute approximate surface area is 174 Å². The van der Waals surface area contributed by atoms with Crippen LogP contribution < -0.4 is 4.90 Å². The quantitative estimate of drug-likeness (QED) is 0.377. The van der Waals surface area contributed by atoms with Crippen molar-refractivity contribution in [3.8, 4) is 0 Å². The molecule has 0 aromatic heterocycles. The van der Waals surface area contributed by atoms with Crippen LogP contribution in [0.15, 0.2) is 24.3 Å². The third kappa shape index (κ3) is 7.34. The number of carbonyl (C=O) groups is 1. The molecule has 0 amide bonds. The molecule has 0 radical (unpaired) electrons. The molecule has 0 aliphatic carbocycles. The van der Waals surface area contributed by atoms with Crippen LogP contribution in [0.3, 0.4) is 0 Å². The van der Waals surface area contributed by atoms with E-state index in [1.54, 1.807) is 0 Å². The van der Waals surface area contributed by atoms with Crippen LogP contribution >= 0.6 is 0 Å². The Morgan fingerprint density at radius 2 is 2.03 bits per heavy atom. The van der Waals surface area contributed by atoms with Crippen LogP contribution in [-0.4, -0.2) is 48.0 Å². The van der Waals surface area contributed by atoms with E-state index >= 15 is 0 Å². The molecule has 160 valence electrons. The van der Waals surface area contributed by atoms with Crippen molar-refractivity contribution in [1.82, 2.24) is 0 Å². The zero-order valence-corrected chi connectivity index (χ0v) is 17.4. The summed E-state index contributed by atoms with van der Waals surface area (Å²) in [5.74, 6) is -0.779. The van der Waals surface area contributed by atoms with Gasteiger partial charge in [-0.3, -0.25) is 4.79 Å². The first-order chi connectivity index (χ1) is 14.1. The molecule has 1 heterocycles. The van der Waals surface area contributed by atoms with E-state index in [2.05, 4.69) is 16.7 Å². The van der Waals surface area contributed by atoms with Crippen molar-refractivity contribution in [2.45, 2.75) is 76.5 Å². The molecule has 3 atom stereocenters. The molecule has 1 aliphatic rings. The molecule has 2 rings (SSSR count). The lowest BCUT2D eigenvalue weighted by Gasteiger charge is -2.26. The number of benzene rings is 1. The molecule has 29 heavy (non-hydrogen) atoms. The van der Waals surface area contributed by atoms with Crippen LogP contribution in [-0.2, 0) is 9.53 Å². The molecule has 6 heteroatoms. The monoisotopic (exact) mass is 402 g/mol. The maximum absolute atomic E-state index is 10.6. The van der Waals surface area contributed by atoms with E-state index in [1.165, 1.54) is 0 Å². The summed E-state index contributed by atoms with van der Waals surface area (Å²) >= 11 is 0. The van der Waals surface area contributed by atoms with Gasteiger partial charge in [0.05, 0.1) is 12.7 Å². The van der Waals surface area contributed by atoms with Crippen molar-refractivity contribution >= 4 is 11.7 Å². The van der Waals surface area contributed by atoms with Crippen LogP contribution in [0.4, 0.5) is 5.69 Å². The molecule has 0 bridgehead atoms. The number of hydrogen-bond donors (Lipinski definition) is 2. The first kappa shape index (κ1) is 23.2. The van der Waals surface area contributed by atoms with Crippen LogP contribution in [0.1, 0.15) is 70.0 Å². The van der Waals surface area contributed by atoms with Gasteiger partial charge < -0.3 is 24.7 Å². The Balaban J connectivity index is 1.89. The predicted octanol–water partition coefficient (Wildman–Crippen LogP) is 4.44. The maximum atomic E-state index is 10.6. The summed E-state index contributed by atoms with van der Waals surface area (Å²) in [6.07, 6.45) is 5.99. The Bertz CT molecular complexity index is 656. The topological polar surface area (TPSA) is 74.4 Å². The van der Waals surface area contributed by atoms with E-state index in [-0.39, 0.29) is 18.5 Å². The SMILES string of the molecule is [C-]#[N+]C1CCN(c2ccc(C(O)CCCCC)cc2)C1COCCCCC(=O)O. The molecule has 6 nitrogen and oxygen atoms in total. The van der Waals surface area contributed by atoms with Gasteiger partial charge in [-0.1, -0.05) is 38.3 Å². The number of aliphatic hydroxyl groups is 1. The second kappa shape index (κ2) is 12.5. The van der Waals surface area contributed by atoms with Crippen molar-refractivity contribution < 1.29 is 19.7 Å². The van der Waals surface area contributed by atoms with E-state index in [9.17, 15) is 9.90 Å². The lowest BCUT2D eigenvalue weighted by molar-refractivity contribution is -0.137. The maximum Gasteiger partial charge on any atom is 0.303 e. The Morgan fingerprint density at radius 1 is 1.28 bits per heavy atom. The number of ether oxygens (including phenoxy) is 1. The highest BCUT2D eigenvalue weighted by Crippen LogP contribution is 2.30. The molecular weight excluding hydrogens is 368 g/mol. The minimum Gasteiger partial charge on any atom is -0.481 e. The van der Waals surface area contributed by atoms with Gasteiger partial charge >= 0.3 is 5.97 Å². The second-order valence-electron chi connectivity index (χ2n) is 7.77. The van der Waals surface area contributed by atoms with E-state index in [0.29, 0.717) is 26.1 Å². The van der Waals surface area contributed by atoms with Gasteiger partial charge in [-0.15, -0.1) is 0 Å². The summed E-state index contributed by atoms with van der Waals surface area (Å²) in [5.41, 5.74) is 2.00. The standard InChI is InChI=1S/C23H34N2O4/c1-3-4-5-8-22(26)18-10-12-19(13-11-18)25-15-14-20(24-2)21(25)17-29-16-7-6-9-23(27)28/h10-13,20-22,26H,3-9,14-17H2,1H3,(H,27,28). The zero-order chi connectivity index (χ0) is 21.1. The van der Waals surface area contributed by atoms with Crippen molar-refractivity contribution in [3.05, 3.63) is 41.2 Å². The average Bonchev–Trinajstić information content (AvgIpc) is 3.13. The van der Waals surface area contributed by atoms with Gasteiger partial charge in [-0.05, 0) is 37.0 Å². The first-order valence-electron chi connectivity index (χ1n) is 10.8. The fourth-order valence-corrected chi connectivity index (χ4v) is 3.84. The minimum atomic E-state index is -0.779. The highest BCUT2D eigenvalue weighted by molar-refractivity contribution is 5.66. The third-order valence-corrected chi connectivity index (χ3v) is 5.58. The highest BCUT2D eigenvalue weighted by Gasteiger charge is 2.39. The second-order valence-corrected chi connectivity index (χ2v) is 7.77. The first-order valence-corrected chi connectivity index (χ1v) is 10.8. The number of unbranched alkanes of at least 4 members (excludes halogenated alkanes) is 3. The van der Waals surface area contributed by atoms with Gasteiger partial charge in [0, 0.05) is 31.7 Å². The molecule has 3 unspecified atom stereocenters. The fraction of sp³-hybridized carbons (Fsp3) is 0.652. The predicted molar refractivity (Wildman–Crippen MR) is 114 cm³/mol. The van der Waals surface area contributed by atoms with Crippen LogP contribution in [0, 0.1) is 6.57 Å². The number of carboxylic acid groups (broad SMARTS) is 1. The summed E-state index contributed by atoms with van der Waals surface area (Å²) in [7, 11) is 0. The summed E-state index contributed by atoms with van der Waals surface area (Å²) < 4.78 is 5.78. The van der Waals surface area contributed by atoms with Crippen LogP contribution in [0.5, 0.6) is 0 Å². The summed E-state index contributed by atoms with van der Waals surface area (Å²) in [5, 5.41) is 19.0. The van der Waals surface area contributed by atoms with Gasteiger partial charge in [0.15, 0.2) is 0 Å². The number of hydrogen-bond acceptors (Lipinski definition) is 4. The fourth-order valence-electron chi connectivity index (χ4n) is 3.84. The number of rotatable bonds is 13. The lowest BCUT2D eigenvalue weighted by atomic mass is 10.0. The number of carboxylic acids is 1. The van der Waals surface area contributed by atoms with Gasteiger partial charge in [0.2, 0.25) is 6.04 Å². The number of nitrogens with zero attached hydrogens (tertiary/aromatic N) is 2. The van der Waals surface area contributed by atoms with Gasteiger partial charge in [-0.25, -0.2) is 6.57 Å². The van der Waals surface area contributed by atoms with Gasteiger partial charge in [-0.2, -0.15) is 0 Å². The summed E-state index contributed by atoms with van der Waals surface area (Å²) in [6.45, 7) is 11.5. The molecular formula is C23H34N2O4. The van der Waals surface area contributed by atoms with E-state index in [4.69, 9.17) is 16.4 Å². The smallest absolute Gasteiger partial charge is 0.303 e. The largest absolute Gasteiger partial charge is 0.481 e. The molecule has 1 aromatic carbocycles. The van der Waals surface area contributed by atoms with Crippen molar-refractivity contribution in [2.24, 2.45) is 0 Å². The molecule has 1 aromatic rings. The molecule has 0 spiro atoms. The Morgan fingerprint density at radius 3 is 2.69 bits per heavy atom. The van der Waals surface area contributed by atoms with E-state index in [0.717, 1.165) is 49.9 Å². The van der Waals surface area contributed by atoms with Gasteiger partial charge in [0.1, 0.15) is 6.04 Å². The normalized spacial score (nSPS) is 19.8. The third-order valence-electron chi connectivity index (χ3n) is 5.58. The minimum absolute atomic E-state index is 0.00676.